The van der Waals surface area contributed by atoms with Gasteiger partial charge in [0.2, 0.25) is 0 Å². The van der Waals surface area contributed by atoms with Crippen molar-refractivity contribution < 1.29 is 19.0 Å². The summed E-state index contributed by atoms with van der Waals surface area (Å²) < 4.78 is 15.4. The van der Waals surface area contributed by atoms with Gasteiger partial charge in [-0.2, -0.15) is 0 Å². The zero-order chi connectivity index (χ0) is 13.2. The van der Waals surface area contributed by atoms with Crippen LogP contribution >= 0.6 is 0 Å². The van der Waals surface area contributed by atoms with E-state index in [2.05, 4.69) is 0 Å². The molecule has 0 amide bonds. The minimum Gasteiger partial charge on any atom is -0.497 e. The number of hydrogen-bond acceptors (Lipinski definition) is 4. The lowest BCUT2D eigenvalue weighted by atomic mass is 10.2. The molecule has 0 heterocycles. The van der Waals surface area contributed by atoms with E-state index in [9.17, 15) is 4.79 Å². The molecule has 0 atom stereocenters. The molecule has 4 heteroatoms. The van der Waals surface area contributed by atoms with Crippen molar-refractivity contribution in [1.29, 1.82) is 0 Å². The van der Waals surface area contributed by atoms with Crippen molar-refractivity contribution in [1.82, 2.24) is 0 Å². The van der Waals surface area contributed by atoms with Crippen LogP contribution in [0.3, 0.4) is 0 Å². The van der Waals surface area contributed by atoms with E-state index in [0.717, 1.165) is 11.3 Å². The van der Waals surface area contributed by atoms with E-state index in [-0.39, 0.29) is 5.97 Å². The number of ether oxygens (including phenoxy) is 3. The Bertz CT molecular complexity index is 345. The molecule has 0 radical (unpaired) electrons. The smallest absolute Gasteiger partial charge is 0.305 e. The molecule has 0 N–H and O–H groups in total. The summed E-state index contributed by atoms with van der Waals surface area (Å²) in [6, 6.07) is 7.73. The Morgan fingerprint density at radius 3 is 2.56 bits per heavy atom. The molecular weight excluding hydrogens is 232 g/mol. The van der Waals surface area contributed by atoms with Gasteiger partial charge in [-0.1, -0.05) is 12.1 Å². The van der Waals surface area contributed by atoms with Gasteiger partial charge < -0.3 is 14.2 Å². The van der Waals surface area contributed by atoms with Crippen molar-refractivity contribution in [3.05, 3.63) is 29.8 Å². The molecule has 100 valence electrons. The summed E-state index contributed by atoms with van der Waals surface area (Å²) in [6.45, 7) is 3.35. The van der Waals surface area contributed by atoms with Crippen LogP contribution in [0, 0.1) is 0 Å². The molecule has 0 fully saturated rings. The normalized spacial score (nSPS) is 10.1. The summed E-state index contributed by atoms with van der Waals surface area (Å²) in [5, 5.41) is 0. The van der Waals surface area contributed by atoms with Gasteiger partial charge in [-0.05, 0) is 31.0 Å². The summed E-state index contributed by atoms with van der Waals surface area (Å²) in [4.78, 5) is 11.1. The Kier molecular flexibility index (Phi) is 6.87. The molecule has 1 aromatic carbocycles. The van der Waals surface area contributed by atoms with E-state index in [0.29, 0.717) is 32.7 Å². The first-order chi connectivity index (χ1) is 8.76. The lowest BCUT2D eigenvalue weighted by molar-refractivity contribution is -0.143. The van der Waals surface area contributed by atoms with Crippen LogP contribution in [-0.4, -0.2) is 26.3 Å². The fraction of sp³-hybridized carbons (Fsp3) is 0.500. The van der Waals surface area contributed by atoms with Gasteiger partial charge >= 0.3 is 5.97 Å². The number of carbonyl (C=O) groups is 1. The average molecular weight is 252 g/mol. The predicted octanol–water partition coefficient (Wildman–Crippen LogP) is 2.56. The molecule has 0 aliphatic rings. The van der Waals surface area contributed by atoms with Gasteiger partial charge in [-0.3, -0.25) is 4.79 Å². The second kappa shape index (κ2) is 8.53. The standard InChI is InChI=1S/C14H20O4/c1-3-18-14(15)5-4-10-17-11-12-6-8-13(16-2)9-7-12/h6-9H,3-5,10-11H2,1-2H3. The fourth-order valence-electron chi connectivity index (χ4n) is 1.46. The molecule has 1 aromatic rings. The van der Waals surface area contributed by atoms with E-state index in [1.165, 1.54) is 0 Å². The SMILES string of the molecule is CCOC(=O)CCCOCc1ccc(OC)cc1. The average Bonchev–Trinajstić information content (AvgIpc) is 2.39. The van der Waals surface area contributed by atoms with Gasteiger partial charge in [-0.15, -0.1) is 0 Å². The molecule has 18 heavy (non-hydrogen) atoms. The Balaban J connectivity index is 2.12. The van der Waals surface area contributed by atoms with E-state index in [1.54, 1.807) is 14.0 Å². The minimum absolute atomic E-state index is 0.162. The van der Waals surface area contributed by atoms with Crippen LogP contribution in [0.4, 0.5) is 0 Å². The van der Waals surface area contributed by atoms with E-state index in [4.69, 9.17) is 14.2 Å². The van der Waals surface area contributed by atoms with Crippen LogP contribution in [0.15, 0.2) is 24.3 Å². The summed E-state index contributed by atoms with van der Waals surface area (Å²) in [5.41, 5.74) is 1.09. The highest BCUT2D eigenvalue weighted by Crippen LogP contribution is 2.12. The van der Waals surface area contributed by atoms with Crippen LogP contribution in [0.2, 0.25) is 0 Å². The summed E-state index contributed by atoms with van der Waals surface area (Å²) in [5.74, 6) is 0.673. The Morgan fingerprint density at radius 1 is 1.22 bits per heavy atom. The molecule has 4 nitrogen and oxygen atoms in total. The van der Waals surface area contributed by atoms with E-state index in [1.807, 2.05) is 24.3 Å². The van der Waals surface area contributed by atoms with Gasteiger partial charge in [0.15, 0.2) is 0 Å². The Hall–Kier alpha value is -1.55. The maximum atomic E-state index is 11.1. The summed E-state index contributed by atoms with van der Waals surface area (Å²) in [6.07, 6.45) is 1.10. The molecule has 0 aliphatic heterocycles. The molecule has 0 unspecified atom stereocenters. The largest absolute Gasteiger partial charge is 0.497 e. The number of hydrogen-bond donors (Lipinski definition) is 0. The number of carbonyl (C=O) groups excluding carboxylic acids is 1. The molecule has 0 saturated carbocycles. The number of esters is 1. The lowest BCUT2D eigenvalue weighted by Crippen LogP contribution is -2.05. The van der Waals surface area contributed by atoms with Crippen molar-refractivity contribution in [2.24, 2.45) is 0 Å². The lowest BCUT2D eigenvalue weighted by Gasteiger charge is -2.05. The molecule has 0 spiro atoms. The van der Waals surface area contributed by atoms with E-state index < -0.39 is 0 Å². The molecule has 0 aromatic heterocycles. The minimum atomic E-state index is -0.162. The maximum absolute atomic E-state index is 11.1. The predicted molar refractivity (Wildman–Crippen MR) is 68.5 cm³/mol. The molecule has 0 bridgehead atoms. The first kappa shape index (κ1) is 14.5. The van der Waals surface area contributed by atoms with E-state index >= 15 is 0 Å². The van der Waals surface area contributed by atoms with Crippen molar-refractivity contribution in [3.63, 3.8) is 0 Å². The first-order valence-electron chi connectivity index (χ1n) is 6.12. The Labute approximate surface area is 108 Å². The second-order valence-electron chi connectivity index (χ2n) is 3.81. The Morgan fingerprint density at radius 2 is 1.94 bits per heavy atom. The zero-order valence-electron chi connectivity index (χ0n) is 11.0. The van der Waals surface area contributed by atoms with Crippen molar-refractivity contribution >= 4 is 5.97 Å². The quantitative estimate of drug-likeness (QED) is 0.527. The summed E-state index contributed by atoms with van der Waals surface area (Å²) in [7, 11) is 1.64. The topological polar surface area (TPSA) is 44.8 Å². The van der Waals surface area contributed by atoms with Crippen molar-refractivity contribution in [3.8, 4) is 5.75 Å². The van der Waals surface area contributed by atoms with Crippen molar-refractivity contribution in [2.75, 3.05) is 20.3 Å². The maximum Gasteiger partial charge on any atom is 0.305 e. The van der Waals surface area contributed by atoms with Crippen LogP contribution in [-0.2, 0) is 20.9 Å². The summed E-state index contributed by atoms with van der Waals surface area (Å²) >= 11 is 0. The van der Waals surface area contributed by atoms with Crippen LogP contribution < -0.4 is 4.74 Å². The van der Waals surface area contributed by atoms with Gasteiger partial charge in [-0.25, -0.2) is 0 Å². The van der Waals surface area contributed by atoms with Gasteiger partial charge in [0.25, 0.3) is 0 Å². The first-order valence-corrected chi connectivity index (χ1v) is 6.12. The third kappa shape index (κ3) is 5.68. The molecule has 0 saturated heterocycles. The van der Waals surface area contributed by atoms with Crippen LogP contribution in [0.25, 0.3) is 0 Å². The van der Waals surface area contributed by atoms with Crippen LogP contribution in [0.1, 0.15) is 25.3 Å². The fourth-order valence-corrected chi connectivity index (χ4v) is 1.46. The van der Waals surface area contributed by atoms with Gasteiger partial charge in [0.1, 0.15) is 5.75 Å². The highest BCUT2D eigenvalue weighted by Gasteiger charge is 2.01. The van der Waals surface area contributed by atoms with Crippen LogP contribution in [0.5, 0.6) is 5.75 Å². The van der Waals surface area contributed by atoms with Gasteiger partial charge in [0.05, 0.1) is 20.3 Å². The third-order valence-corrected chi connectivity index (χ3v) is 2.40. The molecule has 1 rings (SSSR count). The second-order valence-corrected chi connectivity index (χ2v) is 3.81. The molecular formula is C14H20O4. The number of benzene rings is 1. The highest BCUT2D eigenvalue weighted by atomic mass is 16.5. The molecule has 0 aliphatic carbocycles. The third-order valence-electron chi connectivity index (χ3n) is 2.40. The van der Waals surface area contributed by atoms with Crippen molar-refractivity contribution in [2.45, 2.75) is 26.4 Å². The van der Waals surface area contributed by atoms with Gasteiger partial charge in [0, 0.05) is 13.0 Å². The zero-order valence-corrected chi connectivity index (χ0v) is 11.0. The highest BCUT2D eigenvalue weighted by molar-refractivity contribution is 5.69. The monoisotopic (exact) mass is 252 g/mol. The number of rotatable bonds is 8. The number of methoxy groups -OCH3 is 1.